The number of likely N-dealkylation sites (N-methyl/N-ethyl adjacent to an activating group) is 1. The summed E-state index contributed by atoms with van der Waals surface area (Å²) >= 11 is 0. The molecule has 5 heteroatoms. The van der Waals surface area contributed by atoms with E-state index in [0.717, 1.165) is 31.9 Å². The lowest BCUT2D eigenvalue weighted by Crippen LogP contribution is -2.47. The summed E-state index contributed by atoms with van der Waals surface area (Å²) in [7, 11) is 2.05. The molecule has 0 spiro atoms. The van der Waals surface area contributed by atoms with Crippen LogP contribution in [0.1, 0.15) is 16.1 Å². The molecule has 2 aromatic rings. The van der Waals surface area contributed by atoms with Crippen molar-refractivity contribution in [2.24, 2.45) is 0 Å². The highest BCUT2D eigenvalue weighted by atomic mass is 19.1. The molecule has 0 atom stereocenters. The summed E-state index contributed by atoms with van der Waals surface area (Å²) < 4.78 is 13.8. The molecule has 4 nitrogen and oxygen atoms in total. The number of nitrogens with one attached hydrogen (secondary N) is 1. The van der Waals surface area contributed by atoms with Crippen LogP contribution in [0.15, 0.2) is 18.2 Å². The molecular weight excluding hydrogens is 257 g/mol. The molecule has 1 saturated heterocycles. The average molecular weight is 275 g/mol. The third kappa shape index (κ3) is 2.08. The molecule has 3 rings (SSSR count). The number of aromatic amines is 1. The minimum absolute atomic E-state index is 0.00699. The number of H-pyrrole nitrogens is 1. The fourth-order valence-corrected chi connectivity index (χ4v) is 2.75. The van der Waals surface area contributed by atoms with Gasteiger partial charge in [0.15, 0.2) is 0 Å². The maximum Gasteiger partial charge on any atom is 0.256 e. The van der Waals surface area contributed by atoms with Crippen molar-refractivity contribution in [2.45, 2.75) is 6.92 Å². The van der Waals surface area contributed by atoms with Crippen LogP contribution in [0.25, 0.3) is 10.9 Å². The van der Waals surface area contributed by atoms with Crippen LogP contribution in [0.4, 0.5) is 4.39 Å². The lowest BCUT2D eigenvalue weighted by molar-refractivity contribution is 0.0665. The lowest BCUT2D eigenvalue weighted by atomic mass is 10.1. The first kappa shape index (κ1) is 13.1. The summed E-state index contributed by atoms with van der Waals surface area (Å²) in [6.45, 7) is 5.01. The van der Waals surface area contributed by atoms with Crippen molar-refractivity contribution < 1.29 is 9.18 Å². The van der Waals surface area contributed by atoms with E-state index in [1.807, 2.05) is 18.9 Å². The predicted molar refractivity (Wildman–Crippen MR) is 76.4 cm³/mol. The third-order valence-corrected chi connectivity index (χ3v) is 3.97. The van der Waals surface area contributed by atoms with Crippen LogP contribution in [0, 0.1) is 12.7 Å². The van der Waals surface area contributed by atoms with Crippen molar-refractivity contribution >= 4 is 16.8 Å². The fraction of sp³-hybridized carbons (Fsp3) is 0.400. The Morgan fingerprint density at radius 2 is 1.95 bits per heavy atom. The summed E-state index contributed by atoms with van der Waals surface area (Å²) in [5.41, 5.74) is 1.75. The zero-order chi connectivity index (χ0) is 14.3. The monoisotopic (exact) mass is 275 g/mol. The summed E-state index contributed by atoms with van der Waals surface area (Å²) in [5, 5.41) is 0.673. The topological polar surface area (TPSA) is 39.3 Å². The Hall–Kier alpha value is -1.88. The minimum Gasteiger partial charge on any atom is -0.356 e. The number of fused-ring (bicyclic) bond motifs is 1. The molecule has 20 heavy (non-hydrogen) atoms. The number of hydrogen-bond acceptors (Lipinski definition) is 2. The highest BCUT2D eigenvalue weighted by Crippen LogP contribution is 2.25. The van der Waals surface area contributed by atoms with Crippen LogP contribution >= 0.6 is 0 Å². The Bertz CT molecular complexity index is 656. The predicted octanol–water partition coefficient (Wildman–Crippen LogP) is 2.00. The second kappa shape index (κ2) is 4.90. The number of para-hydroxylation sites is 1. The maximum atomic E-state index is 13.8. The van der Waals surface area contributed by atoms with Crippen molar-refractivity contribution in [2.75, 3.05) is 33.2 Å². The Kier molecular flexibility index (Phi) is 3.22. The number of halogens is 1. The van der Waals surface area contributed by atoms with Crippen LogP contribution in [0.3, 0.4) is 0 Å². The molecule has 1 amide bonds. The summed E-state index contributed by atoms with van der Waals surface area (Å²) in [5.74, 6) is -0.324. The van der Waals surface area contributed by atoms with Crippen LogP contribution in [-0.2, 0) is 0 Å². The molecule has 0 saturated carbocycles. The van der Waals surface area contributed by atoms with Crippen molar-refractivity contribution in [1.29, 1.82) is 0 Å². The number of nitrogens with zero attached hydrogens (tertiary/aromatic N) is 2. The maximum absolute atomic E-state index is 13.8. The summed E-state index contributed by atoms with van der Waals surface area (Å²) in [6, 6.07) is 4.85. The molecule has 1 fully saturated rings. The lowest BCUT2D eigenvalue weighted by Gasteiger charge is -2.32. The summed E-state index contributed by atoms with van der Waals surface area (Å²) in [4.78, 5) is 19.7. The Balaban J connectivity index is 1.99. The molecule has 1 aliphatic heterocycles. The smallest absolute Gasteiger partial charge is 0.256 e. The van der Waals surface area contributed by atoms with E-state index in [0.29, 0.717) is 16.5 Å². The third-order valence-electron chi connectivity index (χ3n) is 3.97. The molecule has 2 heterocycles. The normalized spacial score (nSPS) is 16.9. The van der Waals surface area contributed by atoms with Gasteiger partial charge in [-0.05, 0) is 20.0 Å². The molecule has 1 aromatic heterocycles. The van der Waals surface area contributed by atoms with Gasteiger partial charge < -0.3 is 14.8 Å². The first-order chi connectivity index (χ1) is 9.58. The fourth-order valence-electron chi connectivity index (χ4n) is 2.75. The number of benzene rings is 1. The van der Waals surface area contributed by atoms with Gasteiger partial charge in [0.25, 0.3) is 5.91 Å². The number of piperazine rings is 1. The van der Waals surface area contributed by atoms with Gasteiger partial charge in [0.05, 0.1) is 11.1 Å². The largest absolute Gasteiger partial charge is 0.356 e. The Labute approximate surface area is 117 Å². The molecule has 1 aliphatic rings. The van der Waals surface area contributed by atoms with E-state index in [1.165, 1.54) is 6.07 Å². The van der Waals surface area contributed by atoms with Gasteiger partial charge in [-0.2, -0.15) is 0 Å². The molecular formula is C15H18FN3O. The number of aromatic nitrogens is 1. The number of hydrogen-bond donors (Lipinski definition) is 1. The van der Waals surface area contributed by atoms with Crippen LogP contribution in [0.5, 0.6) is 0 Å². The van der Waals surface area contributed by atoms with Gasteiger partial charge in [-0.15, -0.1) is 0 Å². The van der Waals surface area contributed by atoms with E-state index in [9.17, 15) is 9.18 Å². The molecule has 0 unspecified atom stereocenters. The van der Waals surface area contributed by atoms with Crippen molar-refractivity contribution in [3.05, 3.63) is 35.3 Å². The van der Waals surface area contributed by atoms with E-state index in [1.54, 1.807) is 12.1 Å². The number of aryl methyl sites for hydroxylation is 1. The molecule has 1 N–H and O–H groups in total. The van der Waals surface area contributed by atoms with Crippen LogP contribution in [0.2, 0.25) is 0 Å². The van der Waals surface area contributed by atoms with E-state index < -0.39 is 0 Å². The second-order valence-electron chi connectivity index (χ2n) is 5.38. The van der Waals surface area contributed by atoms with Gasteiger partial charge in [-0.3, -0.25) is 4.79 Å². The van der Waals surface area contributed by atoms with Gasteiger partial charge >= 0.3 is 0 Å². The second-order valence-corrected chi connectivity index (χ2v) is 5.38. The van der Waals surface area contributed by atoms with Gasteiger partial charge in [-0.25, -0.2) is 4.39 Å². The first-order valence-electron chi connectivity index (χ1n) is 6.82. The molecule has 0 radical (unpaired) electrons. The minimum atomic E-state index is -0.317. The van der Waals surface area contributed by atoms with Gasteiger partial charge in [-0.1, -0.05) is 12.1 Å². The van der Waals surface area contributed by atoms with E-state index in [2.05, 4.69) is 9.88 Å². The van der Waals surface area contributed by atoms with E-state index >= 15 is 0 Å². The molecule has 106 valence electrons. The van der Waals surface area contributed by atoms with Gasteiger partial charge in [0, 0.05) is 37.3 Å². The number of carbonyl (C=O) groups excluding carboxylic acids is 1. The summed E-state index contributed by atoms with van der Waals surface area (Å²) in [6.07, 6.45) is 0. The number of amides is 1. The van der Waals surface area contributed by atoms with E-state index in [4.69, 9.17) is 0 Å². The van der Waals surface area contributed by atoms with Crippen molar-refractivity contribution in [3.8, 4) is 0 Å². The van der Waals surface area contributed by atoms with Crippen molar-refractivity contribution in [1.82, 2.24) is 14.8 Å². The highest BCUT2D eigenvalue weighted by molar-refractivity contribution is 6.08. The van der Waals surface area contributed by atoms with Gasteiger partial charge in [0.2, 0.25) is 0 Å². The molecule has 1 aromatic carbocycles. The molecule has 0 bridgehead atoms. The quantitative estimate of drug-likeness (QED) is 0.864. The van der Waals surface area contributed by atoms with Gasteiger partial charge in [0.1, 0.15) is 5.82 Å². The van der Waals surface area contributed by atoms with Crippen LogP contribution < -0.4 is 0 Å². The molecule has 0 aliphatic carbocycles. The number of rotatable bonds is 1. The SMILES string of the molecule is Cc1[nH]c2c(F)cccc2c1C(=O)N1CCN(C)CC1. The zero-order valence-corrected chi connectivity index (χ0v) is 11.7. The van der Waals surface area contributed by atoms with Crippen LogP contribution in [-0.4, -0.2) is 53.9 Å². The zero-order valence-electron chi connectivity index (χ0n) is 11.7. The Morgan fingerprint density at radius 1 is 1.25 bits per heavy atom. The standard InChI is InChI=1S/C15H18FN3O/c1-10-13(11-4-3-5-12(16)14(11)17-10)15(20)19-8-6-18(2)7-9-19/h3-5,17H,6-9H2,1-2H3. The first-order valence-corrected chi connectivity index (χ1v) is 6.82. The number of carbonyl (C=O) groups is 1. The average Bonchev–Trinajstić information content (AvgIpc) is 2.77. The van der Waals surface area contributed by atoms with Crippen molar-refractivity contribution in [3.63, 3.8) is 0 Å². The Morgan fingerprint density at radius 3 is 2.65 bits per heavy atom. The van der Waals surface area contributed by atoms with E-state index in [-0.39, 0.29) is 11.7 Å². The highest BCUT2D eigenvalue weighted by Gasteiger charge is 2.25.